The summed E-state index contributed by atoms with van der Waals surface area (Å²) in [5.41, 5.74) is 7.10. The molecular formula is C13H15N3O2S. The van der Waals surface area contributed by atoms with Gasteiger partial charge in [-0.1, -0.05) is 30.3 Å². The number of nitrogens with two attached hydrogens (primary N) is 1. The lowest BCUT2D eigenvalue weighted by Gasteiger charge is -2.15. The predicted octanol–water partition coefficient (Wildman–Crippen LogP) is 1.86. The van der Waals surface area contributed by atoms with E-state index in [0.717, 1.165) is 11.7 Å². The Hall–Kier alpha value is -1.92. The highest BCUT2D eigenvalue weighted by Gasteiger charge is 2.18. The Balaban J connectivity index is 2.08. The third-order valence-corrected chi connectivity index (χ3v) is 3.66. The van der Waals surface area contributed by atoms with Crippen LogP contribution in [0.2, 0.25) is 0 Å². The minimum absolute atomic E-state index is 0.396. The van der Waals surface area contributed by atoms with Gasteiger partial charge in [0.2, 0.25) is 0 Å². The monoisotopic (exact) mass is 277 g/mol. The molecule has 0 aliphatic carbocycles. The highest BCUT2D eigenvalue weighted by molar-refractivity contribution is 7.13. The van der Waals surface area contributed by atoms with Crippen molar-refractivity contribution in [3.63, 3.8) is 0 Å². The van der Waals surface area contributed by atoms with E-state index in [2.05, 4.69) is 4.98 Å². The fourth-order valence-electron chi connectivity index (χ4n) is 1.65. The molecule has 0 saturated carbocycles. The fourth-order valence-corrected chi connectivity index (χ4v) is 2.47. The van der Waals surface area contributed by atoms with Crippen LogP contribution in [0, 0.1) is 0 Å². The molecule has 5 nitrogen and oxygen atoms in total. The zero-order valence-electron chi connectivity index (χ0n) is 10.5. The molecule has 19 heavy (non-hydrogen) atoms. The van der Waals surface area contributed by atoms with Gasteiger partial charge in [0.1, 0.15) is 6.04 Å². The van der Waals surface area contributed by atoms with Gasteiger partial charge < -0.3 is 15.7 Å². The van der Waals surface area contributed by atoms with Crippen molar-refractivity contribution in [1.29, 1.82) is 0 Å². The first-order valence-electron chi connectivity index (χ1n) is 5.77. The molecule has 6 heteroatoms. The van der Waals surface area contributed by atoms with Crippen LogP contribution >= 0.6 is 11.3 Å². The van der Waals surface area contributed by atoms with Crippen molar-refractivity contribution in [2.75, 3.05) is 11.9 Å². The van der Waals surface area contributed by atoms with E-state index in [1.54, 1.807) is 5.38 Å². The molecule has 1 heterocycles. The van der Waals surface area contributed by atoms with E-state index in [4.69, 9.17) is 10.8 Å². The van der Waals surface area contributed by atoms with Gasteiger partial charge in [0.05, 0.1) is 5.69 Å². The number of thiazole rings is 1. The summed E-state index contributed by atoms with van der Waals surface area (Å²) >= 11 is 1.39. The van der Waals surface area contributed by atoms with Crippen LogP contribution in [0.1, 0.15) is 17.3 Å². The molecule has 0 aliphatic rings. The molecule has 0 amide bonds. The van der Waals surface area contributed by atoms with Crippen molar-refractivity contribution in [2.45, 2.75) is 12.6 Å². The Kier molecular flexibility index (Phi) is 4.13. The summed E-state index contributed by atoms with van der Waals surface area (Å²) < 4.78 is 0. The van der Waals surface area contributed by atoms with Crippen LogP contribution in [0.5, 0.6) is 0 Å². The van der Waals surface area contributed by atoms with Gasteiger partial charge in [-0.3, -0.25) is 4.79 Å². The van der Waals surface area contributed by atoms with Crippen LogP contribution in [0.25, 0.3) is 0 Å². The molecule has 1 unspecified atom stereocenters. The zero-order valence-corrected chi connectivity index (χ0v) is 11.3. The first-order valence-corrected chi connectivity index (χ1v) is 6.65. The predicted molar refractivity (Wildman–Crippen MR) is 75.2 cm³/mol. The summed E-state index contributed by atoms with van der Waals surface area (Å²) in [5.74, 6) is -1.07. The van der Waals surface area contributed by atoms with Gasteiger partial charge in [-0.2, -0.15) is 0 Å². The van der Waals surface area contributed by atoms with E-state index in [0.29, 0.717) is 5.69 Å². The molecule has 0 bridgehead atoms. The van der Waals surface area contributed by atoms with Crippen LogP contribution in [0.4, 0.5) is 5.13 Å². The van der Waals surface area contributed by atoms with Crippen LogP contribution in [-0.2, 0) is 11.3 Å². The van der Waals surface area contributed by atoms with Crippen molar-refractivity contribution in [2.24, 2.45) is 5.73 Å². The number of aromatic nitrogens is 1. The van der Waals surface area contributed by atoms with Crippen LogP contribution < -0.4 is 10.6 Å². The number of hydrogen-bond donors (Lipinski definition) is 2. The molecule has 0 aliphatic heterocycles. The second-order valence-corrected chi connectivity index (χ2v) is 5.05. The Bertz CT molecular complexity index is 556. The molecule has 0 saturated heterocycles. The topological polar surface area (TPSA) is 79.5 Å². The maximum absolute atomic E-state index is 10.8. The number of rotatable bonds is 5. The Labute approximate surface area is 115 Å². The van der Waals surface area contributed by atoms with E-state index in [1.807, 2.05) is 42.3 Å². The maximum atomic E-state index is 10.8. The highest BCUT2D eigenvalue weighted by Crippen LogP contribution is 2.23. The van der Waals surface area contributed by atoms with Crippen molar-refractivity contribution < 1.29 is 9.90 Å². The average molecular weight is 277 g/mol. The zero-order chi connectivity index (χ0) is 13.8. The number of benzene rings is 1. The molecule has 1 aromatic carbocycles. The van der Waals surface area contributed by atoms with Crippen LogP contribution in [0.3, 0.4) is 0 Å². The molecular weight excluding hydrogens is 262 g/mol. The second kappa shape index (κ2) is 5.81. The number of hydrogen-bond acceptors (Lipinski definition) is 5. The lowest BCUT2D eigenvalue weighted by Crippen LogP contribution is -2.21. The molecule has 2 rings (SSSR count). The number of nitrogens with zero attached hydrogens (tertiary/aromatic N) is 2. The van der Waals surface area contributed by atoms with E-state index in [1.165, 1.54) is 16.9 Å². The van der Waals surface area contributed by atoms with E-state index < -0.39 is 12.0 Å². The fraction of sp³-hybridized carbons (Fsp3) is 0.231. The molecule has 1 atom stereocenters. The number of carboxylic acid groups (broad SMARTS) is 1. The summed E-state index contributed by atoms with van der Waals surface area (Å²) in [7, 11) is 1.92. The Morgan fingerprint density at radius 1 is 1.47 bits per heavy atom. The first kappa shape index (κ1) is 13.5. The molecule has 0 radical (unpaired) electrons. The summed E-state index contributed by atoms with van der Waals surface area (Å²) in [5, 5.41) is 11.3. The van der Waals surface area contributed by atoms with Crippen molar-refractivity contribution >= 4 is 22.4 Å². The lowest BCUT2D eigenvalue weighted by atomic mass is 10.2. The van der Waals surface area contributed by atoms with Gasteiger partial charge in [-0.25, -0.2) is 4.98 Å². The molecule has 0 spiro atoms. The van der Waals surface area contributed by atoms with E-state index in [9.17, 15) is 4.79 Å². The van der Waals surface area contributed by atoms with E-state index >= 15 is 0 Å². The Morgan fingerprint density at radius 3 is 2.79 bits per heavy atom. The molecule has 100 valence electrons. The minimum atomic E-state index is -1.07. The smallest absolute Gasteiger partial charge is 0.326 e. The molecule has 2 aromatic rings. The van der Waals surface area contributed by atoms with Gasteiger partial charge in [0.25, 0.3) is 0 Å². The summed E-state index contributed by atoms with van der Waals surface area (Å²) in [6, 6.07) is 8.95. The van der Waals surface area contributed by atoms with Gasteiger partial charge in [-0.05, 0) is 5.56 Å². The van der Waals surface area contributed by atoms with Crippen molar-refractivity contribution in [1.82, 2.24) is 4.98 Å². The number of carboxylic acids is 1. The normalized spacial score (nSPS) is 12.1. The summed E-state index contributed by atoms with van der Waals surface area (Å²) in [4.78, 5) is 17.0. The van der Waals surface area contributed by atoms with Gasteiger partial charge in [0, 0.05) is 19.0 Å². The number of carbonyl (C=O) groups is 1. The van der Waals surface area contributed by atoms with Crippen LogP contribution in [0.15, 0.2) is 35.7 Å². The number of aliphatic carboxylic acids is 1. The summed E-state index contributed by atoms with van der Waals surface area (Å²) in [6.45, 7) is 0.718. The second-order valence-electron chi connectivity index (χ2n) is 4.21. The lowest BCUT2D eigenvalue weighted by molar-refractivity contribution is -0.138. The number of anilines is 1. The SMILES string of the molecule is CN(Cc1ccccc1)c1nc(C(N)C(=O)O)cs1. The minimum Gasteiger partial charge on any atom is -0.480 e. The summed E-state index contributed by atoms with van der Waals surface area (Å²) in [6.07, 6.45) is 0. The molecule has 0 fully saturated rings. The molecule has 3 N–H and O–H groups in total. The van der Waals surface area contributed by atoms with Crippen LogP contribution in [-0.4, -0.2) is 23.1 Å². The Morgan fingerprint density at radius 2 is 2.16 bits per heavy atom. The average Bonchev–Trinajstić information content (AvgIpc) is 2.88. The third-order valence-electron chi connectivity index (χ3n) is 2.68. The van der Waals surface area contributed by atoms with Gasteiger partial charge >= 0.3 is 5.97 Å². The van der Waals surface area contributed by atoms with Gasteiger partial charge in [-0.15, -0.1) is 11.3 Å². The van der Waals surface area contributed by atoms with Gasteiger partial charge in [0.15, 0.2) is 5.13 Å². The van der Waals surface area contributed by atoms with Crippen molar-refractivity contribution in [3.8, 4) is 0 Å². The largest absolute Gasteiger partial charge is 0.480 e. The maximum Gasteiger partial charge on any atom is 0.326 e. The molecule has 1 aromatic heterocycles. The first-order chi connectivity index (χ1) is 9.08. The standard InChI is InChI=1S/C13H15N3O2S/c1-16(7-9-5-3-2-4-6-9)13-15-10(8-19-13)11(14)12(17)18/h2-6,8,11H,7,14H2,1H3,(H,17,18). The highest BCUT2D eigenvalue weighted by atomic mass is 32.1. The quantitative estimate of drug-likeness (QED) is 0.872. The van der Waals surface area contributed by atoms with E-state index in [-0.39, 0.29) is 0 Å². The third kappa shape index (κ3) is 3.30. The van der Waals surface area contributed by atoms with Crippen molar-refractivity contribution in [3.05, 3.63) is 47.0 Å².